The first-order valence-corrected chi connectivity index (χ1v) is 6.07. The summed E-state index contributed by atoms with van der Waals surface area (Å²) in [5.41, 5.74) is 0. The molecule has 1 aromatic rings. The van der Waals surface area contributed by atoms with Crippen LogP contribution in [-0.4, -0.2) is 19.7 Å². The van der Waals surface area contributed by atoms with E-state index in [1.165, 1.54) is 13.5 Å². The van der Waals surface area contributed by atoms with E-state index < -0.39 is 0 Å². The molecule has 0 bridgehead atoms. The number of methoxy groups -OCH3 is 1. The van der Waals surface area contributed by atoms with E-state index in [4.69, 9.17) is 9.47 Å². The summed E-state index contributed by atoms with van der Waals surface area (Å²) < 4.78 is 10.5. The van der Waals surface area contributed by atoms with Crippen molar-refractivity contribution < 1.29 is 14.3 Å². The Bertz CT molecular complexity index is 357. The standard InChI is InChI=1S/C14H18O3/c1-16-14(15)13(11-6-5-7-11)10-17-12-8-3-2-4-9-12/h2-4,8-9,11,13H,5-7,10H2,1H3. The average molecular weight is 234 g/mol. The summed E-state index contributed by atoms with van der Waals surface area (Å²) in [7, 11) is 1.44. The summed E-state index contributed by atoms with van der Waals surface area (Å²) in [4.78, 5) is 11.7. The fourth-order valence-electron chi connectivity index (χ4n) is 2.09. The lowest BCUT2D eigenvalue weighted by Crippen LogP contribution is -2.34. The fraction of sp³-hybridized carbons (Fsp3) is 0.500. The van der Waals surface area contributed by atoms with E-state index in [0.29, 0.717) is 12.5 Å². The smallest absolute Gasteiger partial charge is 0.312 e. The molecule has 1 unspecified atom stereocenters. The van der Waals surface area contributed by atoms with Gasteiger partial charge in [0.15, 0.2) is 0 Å². The zero-order valence-electron chi connectivity index (χ0n) is 10.1. The summed E-state index contributed by atoms with van der Waals surface area (Å²) in [5.74, 6) is 0.978. The molecule has 1 aromatic carbocycles. The third kappa shape index (κ3) is 2.99. The minimum Gasteiger partial charge on any atom is -0.493 e. The van der Waals surface area contributed by atoms with Crippen molar-refractivity contribution in [3.63, 3.8) is 0 Å². The zero-order valence-corrected chi connectivity index (χ0v) is 10.1. The molecule has 1 aliphatic rings. The summed E-state index contributed by atoms with van der Waals surface area (Å²) in [6.07, 6.45) is 3.43. The van der Waals surface area contributed by atoms with E-state index >= 15 is 0 Å². The van der Waals surface area contributed by atoms with Gasteiger partial charge in [-0.3, -0.25) is 4.79 Å². The monoisotopic (exact) mass is 234 g/mol. The highest BCUT2D eigenvalue weighted by atomic mass is 16.5. The molecule has 0 heterocycles. The number of hydrogen-bond donors (Lipinski definition) is 0. The summed E-state index contributed by atoms with van der Waals surface area (Å²) in [6, 6.07) is 9.58. The second kappa shape index (κ2) is 5.71. The molecule has 17 heavy (non-hydrogen) atoms. The highest BCUT2D eigenvalue weighted by Crippen LogP contribution is 2.34. The van der Waals surface area contributed by atoms with Crippen molar-refractivity contribution in [1.29, 1.82) is 0 Å². The maximum Gasteiger partial charge on any atom is 0.312 e. The van der Waals surface area contributed by atoms with Crippen LogP contribution < -0.4 is 4.74 Å². The van der Waals surface area contributed by atoms with Gasteiger partial charge in [0.2, 0.25) is 0 Å². The van der Waals surface area contributed by atoms with Crippen LogP contribution in [0.25, 0.3) is 0 Å². The fourth-order valence-corrected chi connectivity index (χ4v) is 2.09. The Hall–Kier alpha value is -1.51. The van der Waals surface area contributed by atoms with Gasteiger partial charge in [-0.1, -0.05) is 24.6 Å². The van der Waals surface area contributed by atoms with Gasteiger partial charge < -0.3 is 9.47 Å². The van der Waals surface area contributed by atoms with Crippen molar-refractivity contribution in [1.82, 2.24) is 0 Å². The van der Waals surface area contributed by atoms with Crippen molar-refractivity contribution in [3.8, 4) is 5.75 Å². The van der Waals surface area contributed by atoms with Gasteiger partial charge in [0.1, 0.15) is 12.4 Å². The van der Waals surface area contributed by atoms with Crippen LogP contribution >= 0.6 is 0 Å². The molecular formula is C14H18O3. The second-order valence-electron chi connectivity index (χ2n) is 4.44. The Labute approximate surface area is 102 Å². The molecular weight excluding hydrogens is 216 g/mol. The minimum absolute atomic E-state index is 0.117. The van der Waals surface area contributed by atoms with Crippen LogP contribution in [0.15, 0.2) is 30.3 Å². The van der Waals surface area contributed by atoms with E-state index in [1.54, 1.807) is 0 Å². The van der Waals surface area contributed by atoms with Gasteiger partial charge >= 0.3 is 5.97 Å². The Morgan fingerprint density at radius 2 is 2.06 bits per heavy atom. The number of rotatable bonds is 5. The van der Waals surface area contributed by atoms with Crippen LogP contribution in [0, 0.1) is 11.8 Å². The lowest BCUT2D eigenvalue weighted by molar-refractivity contribution is -0.150. The predicted octanol–water partition coefficient (Wildman–Crippen LogP) is 2.65. The Morgan fingerprint density at radius 1 is 1.35 bits per heavy atom. The van der Waals surface area contributed by atoms with Crippen LogP contribution in [0.3, 0.4) is 0 Å². The normalized spacial score (nSPS) is 17.0. The molecule has 1 fully saturated rings. The Balaban J connectivity index is 1.91. The first kappa shape index (κ1) is 12.0. The third-order valence-electron chi connectivity index (χ3n) is 3.40. The topological polar surface area (TPSA) is 35.5 Å². The molecule has 0 aliphatic heterocycles. The largest absolute Gasteiger partial charge is 0.493 e. The summed E-state index contributed by atoms with van der Waals surface area (Å²) in [6.45, 7) is 0.418. The molecule has 92 valence electrons. The van der Waals surface area contributed by atoms with Crippen molar-refractivity contribution in [2.24, 2.45) is 11.8 Å². The molecule has 0 saturated heterocycles. The van der Waals surface area contributed by atoms with E-state index in [-0.39, 0.29) is 11.9 Å². The Morgan fingerprint density at radius 3 is 2.59 bits per heavy atom. The van der Waals surface area contributed by atoms with E-state index in [9.17, 15) is 4.79 Å². The molecule has 0 aromatic heterocycles. The number of hydrogen-bond acceptors (Lipinski definition) is 3. The third-order valence-corrected chi connectivity index (χ3v) is 3.40. The molecule has 1 saturated carbocycles. The quantitative estimate of drug-likeness (QED) is 0.735. The zero-order chi connectivity index (χ0) is 12.1. The maximum absolute atomic E-state index is 11.7. The number of para-hydroxylation sites is 1. The molecule has 3 nitrogen and oxygen atoms in total. The molecule has 1 atom stereocenters. The number of ether oxygens (including phenoxy) is 2. The summed E-state index contributed by atoms with van der Waals surface area (Å²) in [5, 5.41) is 0. The minimum atomic E-state index is -0.148. The Kier molecular flexibility index (Phi) is 4.02. The lowest BCUT2D eigenvalue weighted by Gasteiger charge is -2.31. The maximum atomic E-state index is 11.7. The van der Waals surface area contributed by atoms with Gasteiger partial charge in [-0.05, 0) is 30.9 Å². The average Bonchev–Trinajstić information content (AvgIpc) is 2.32. The van der Waals surface area contributed by atoms with E-state index in [1.807, 2.05) is 30.3 Å². The van der Waals surface area contributed by atoms with Gasteiger partial charge in [0.25, 0.3) is 0 Å². The first-order chi connectivity index (χ1) is 8.31. The highest BCUT2D eigenvalue weighted by Gasteiger charge is 2.33. The number of carbonyl (C=O) groups is 1. The first-order valence-electron chi connectivity index (χ1n) is 6.07. The predicted molar refractivity (Wildman–Crippen MR) is 64.8 cm³/mol. The molecule has 0 amide bonds. The number of benzene rings is 1. The van der Waals surface area contributed by atoms with Crippen molar-refractivity contribution in [2.75, 3.05) is 13.7 Å². The van der Waals surface area contributed by atoms with Crippen molar-refractivity contribution in [2.45, 2.75) is 19.3 Å². The van der Waals surface area contributed by atoms with Gasteiger partial charge in [0, 0.05) is 0 Å². The SMILES string of the molecule is COC(=O)C(COc1ccccc1)C1CCC1. The van der Waals surface area contributed by atoms with Crippen LogP contribution in [0.2, 0.25) is 0 Å². The van der Waals surface area contributed by atoms with Gasteiger partial charge in [-0.2, -0.15) is 0 Å². The number of esters is 1. The molecule has 2 rings (SSSR count). The van der Waals surface area contributed by atoms with Gasteiger partial charge in [-0.15, -0.1) is 0 Å². The van der Waals surface area contributed by atoms with Crippen LogP contribution in [0.5, 0.6) is 5.75 Å². The van der Waals surface area contributed by atoms with Crippen LogP contribution in [-0.2, 0) is 9.53 Å². The van der Waals surface area contributed by atoms with Crippen LogP contribution in [0.4, 0.5) is 0 Å². The van der Waals surface area contributed by atoms with Crippen molar-refractivity contribution in [3.05, 3.63) is 30.3 Å². The molecule has 1 aliphatic carbocycles. The summed E-state index contributed by atoms with van der Waals surface area (Å²) >= 11 is 0. The second-order valence-corrected chi connectivity index (χ2v) is 4.44. The van der Waals surface area contributed by atoms with Crippen LogP contribution in [0.1, 0.15) is 19.3 Å². The van der Waals surface area contributed by atoms with Gasteiger partial charge in [0.05, 0.1) is 13.0 Å². The molecule has 0 radical (unpaired) electrons. The lowest BCUT2D eigenvalue weighted by atomic mass is 9.76. The highest BCUT2D eigenvalue weighted by molar-refractivity contribution is 5.73. The van der Waals surface area contributed by atoms with Gasteiger partial charge in [-0.25, -0.2) is 0 Å². The molecule has 3 heteroatoms. The van der Waals surface area contributed by atoms with E-state index in [0.717, 1.165) is 18.6 Å². The van der Waals surface area contributed by atoms with Crippen molar-refractivity contribution >= 4 is 5.97 Å². The molecule has 0 N–H and O–H groups in total. The molecule has 0 spiro atoms. The number of carbonyl (C=O) groups excluding carboxylic acids is 1. The van der Waals surface area contributed by atoms with E-state index in [2.05, 4.69) is 0 Å².